The molecule has 4 nitrogen and oxygen atoms in total. The third kappa shape index (κ3) is 2.23. The van der Waals surface area contributed by atoms with E-state index in [0.717, 1.165) is 28.0 Å². The minimum absolute atomic E-state index is 0.216. The summed E-state index contributed by atoms with van der Waals surface area (Å²) in [5.41, 5.74) is 3.34. The van der Waals surface area contributed by atoms with Gasteiger partial charge in [-0.15, -0.1) is 0 Å². The second kappa shape index (κ2) is 5.45. The summed E-state index contributed by atoms with van der Waals surface area (Å²) in [6, 6.07) is 9.14. The van der Waals surface area contributed by atoms with Gasteiger partial charge in [0.1, 0.15) is 22.8 Å². The molecule has 1 aliphatic rings. The lowest BCUT2D eigenvalue weighted by molar-refractivity contribution is -0.126. The Bertz CT molecular complexity index is 1400. The van der Waals surface area contributed by atoms with Crippen molar-refractivity contribution in [2.75, 3.05) is 0 Å². The van der Waals surface area contributed by atoms with Gasteiger partial charge in [0.2, 0.25) is 0 Å². The van der Waals surface area contributed by atoms with Gasteiger partial charge < -0.3 is 0 Å². The molecule has 0 spiro atoms. The van der Waals surface area contributed by atoms with E-state index >= 15 is 0 Å². The van der Waals surface area contributed by atoms with Crippen molar-refractivity contribution in [1.29, 1.82) is 0 Å². The molecule has 5 heteroatoms. The molecule has 0 radical (unpaired) electrons. The van der Waals surface area contributed by atoms with Gasteiger partial charge in [-0.1, -0.05) is 26.8 Å². The highest BCUT2D eigenvalue weighted by Gasteiger charge is 2.50. The number of carbonyl (C=O) groups is 1. The van der Waals surface area contributed by atoms with Crippen LogP contribution in [-0.4, -0.2) is 20.2 Å². The summed E-state index contributed by atoms with van der Waals surface area (Å²) < 4.78 is 16.7. The van der Waals surface area contributed by atoms with Crippen molar-refractivity contribution in [3.63, 3.8) is 0 Å². The highest BCUT2D eigenvalue weighted by Crippen LogP contribution is 2.48. The van der Waals surface area contributed by atoms with Crippen LogP contribution in [0.5, 0.6) is 0 Å². The van der Waals surface area contributed by atoms with Crippen LogP contribution in [0.15, 0.2) is 30.3 Å². The molecule has 2 heterocycles. The first kappa shape index (κ1) is 19.2. The number of rotatable bonds is 0. The third-order valence-electron chi connectivity index (χ3n) is 6.60. The number of carbonyl (C=O) groups excluding carboxylic acids is 1. The SMILES string of the molecule is CC(C)(C)c1nc2c(F)cccc2c2nc3cc4c(cc3n12)C(C)(C)C(=O)C4(C)C. The van der Waals surface area contributed by atoms with E-state index in [4.69, 9.17) is 9.97 Å². The molecular weight excluding hydrogens is 377 g/mol. The fourth-order valence-electron chi connectivity index (χ4n) is 5.05. The second-order valence-electron chi connectivity index (χ2n) is 10.6. The number of nitrogens with zero attached hydrogens (tertiary/aromatic N) is 3. The number of hydrogen-bond donors (Lipinski definition) is 0. The fraction of sp³-hybridized carbons (Fsp3) is 0.400. The van der Waals surface area contributed by atoms with Crippen LogP contribution in [-0.2, 0) is 21.0 Å². The molecule has 0 saturated carbocycles. The molecule has 0 saturated heterocycles. The molecule has 0 bridgehead atoms. The normalized spacial score (nSPS) is 17.9. The van der Waals surface area contributed by atoms with E-state index in [1.807, 2.05) is 44.2 Å². The van der Waals surface area contributed by atoms with Crippen LogP contribution in [0, 0.1) is 5.82 Å². The Balaban J connectivity index is 2.02. The summed E-state index contributed by atoms with van der Waals surface area (Å²) in [5.74, 6) is 0.621. The highest BCUT2D eigenvalue weighted by molar-refractivity contribution is 6.05. The molecule has 0 atom stereocenters. The van der Waals surface area contributed by atoms with Crippen molar-refractivity contribution in [3.05, 3.63) is 53.1 Å². The molecule has 2 aromatic heterocycles. The first-order valence-electron chi connectivity index (χ1n) is 10.4. The highest BCUT2D eigenvalue weighted by atomic mass is 19.1. The average molecular weight is 404 g/mol. The van der Waals surface area contributed by atoms with E-state index in [-0.39, 0.29) is 17.0 Å². The summed E-state index contributed by atoms with van der Waals surface area (Å²) in [5, 5.41) is 0.689. The Kier molecular flexibility index (Phi) is 3.48. The summed E-state index contributed by atoms with van der Waals surface area (Å²) in [6.45, 7) is 14.2. The van der Waals surface area contributed by atoms with Gasteiger partial charge >= 0.3 is 0 Å². The molecule has 0 unspecified atom stereocenters. The number of Topliss-reactive ketones (excluding diaryl/α,β-unsaturated/α-hetero) is 1. The zero-order valence-corrected chi connectivity index (χ0v) is 18.5. The molecular formula is C25H26FN3O. The standard InChI is InChI=1S/C25H26FN3O/c1-23(2,3)22-28-19-13(9-8-10-16(19)26)20-27-17-11-14-15(12-18(17)29(20)22)25(6,7)21(30)24(14,4)5/h8-12H,1-7H3. The zero-order chi connectivity index (χ0) is 21.8. The van der Waals surface area contributed by atoms with Crippen molar-refractivity contribution < 1.29 is 9.18 Å². The van der Waals surface area contributed by atoms with Crippen molar-refractivity contribution in [2.24, 2.45) is 0 Å². The molecule has 1 aliphatic carbocycles. The Morgan fingerprint density at radius 1 is 0.967 bits per heavy atom. The van der Waals surface area contributed by atoms with Gasteiger partial charge in [-0.05, 0) is 63.1 Å². The predicted octanol–water partition coefficient (Wildman–Crippen LogP) is 5.61. The first-order chi connectivity index (χ1) is 13.8. The first-order valence-corrected chi connectivity index (χ1v) is 10.4. The van der Waals surface area contributed by atoms with Crippen LogP contribution in [0.2, 0.25) is 0 Å². The Labute approximate surface area is 175 Å². The van der Waals surface area contributed by atoms with E-state index in [0.29, 0.717) is 16.6 Å². The number of para-hydroxylation sites is 1. The smallest absolute Gasteiger partial charge is 0.152 e. The maximum Gasteiger partial charge on any atom is 0.152 e. The van der Waals surface area contributed by atoms with Crippen molar-refractivity contribution in [3.8, 4) is 0 Å². The lowest BCUT2D eigenvalue weighted by Gasteiger charge is -2.21. The van der Waals surface area contributed by atoms with Crippen LogP contribution in [0.3, 0.4) is 0 Å². The van der Waals surface area contributed by atoms with Crippen LogP contribution in [0.25, 0.3) is 27.6 Å². The quantitative estimate of drug-likeness (QED) is 0.383. The van der Waals surface area contributed by atoms with Crippen molar-refractivity contribution >= 4 is 33.4 Å². The van der Waals surface area contributed by atoms with Gasteiger partial charge in [-0.2, -0.15) is 0 Å². The summed E-state index contributed by atoms with van der Waals surface area (Å²) in [6.07, 6.45) is 0. The minimum atomic E-state index is -0.574. The lowest BCUT2D eigenvalue weighted by atomic mass is 9.80. The predicted molar refractivity (Wildman–Crippen MR) is 118 cm³/mol. The number of hydrogen-bond acceptors (Lipinski definition) is 3. The number of halogens is 1. The summed E-state index contributed by atoms with van der Waals surface area (Å²) in [7, 11) is 0. The number of ketones is 1. The van der Waals surface area contributed by atoms with Crippen LogP contribution >= 0.6 is 0 Å². The summed E-state index contributed by atoms with van der Waals surface area (Å²) in [4.78, 5) is 22.8. The molecule has 0 fully saturated rings. The van der Waals surface area contributed by atoms with Gasteiger partial charge in [-0.3, -0.25) is 9.20 Å². The van der Waals surface area contributed by atoms with Crippen LogP contribution in [0.4, 0.5) is 4.39 Å². The molecule has 154 valence electrons. The fourth-order valence-corrected chi connectivity index (χ4v) is 5.05. The Hall–Kier alpha value is -2.82. The Morgan fingerprint density at radius 3 is 2.23 bits per heavy atom. The molecule has 0 N–H and O–H groups in total. The van der Waals surface area contributed by atoms with Gasteiger partial charge in [0.25, 0.3) is 0 Å². The zero-order valence-electron chi connectivity index (χ0n) is 18.5. The van der Waals surface area contributed by atoms with Gasteiger partial charge in [-0.25, -0.2) is 14.4 Å². The lowest BCUT2D eigenvalue weighted by Crippen LogP contribution is -2.33. The van der Waals surface area contributed by atoms with E-state index in [1.165, 1.54) is 6.07 Å². The number of benzene rings is 2. The Morgan fingerprint density at radius 2 is 1.60 bits per heavy atom. The van der Waals surface area contributed by atoms with Crippen LogP contribution in [0.1, 0.15) is 65.4 Å². The van der Waals surface area contributed by atoms with Crippen LogP contribution < -0.4 is 0 Å². The molecule has 0 amide bonds. The molecule has 5 rings (SSSR count). The van der Waals surface area contributed by atoms with E-state index in [1.54, 1.807) is 6.07 Å². The van der Waals surface area contributed by atoms with Gasteiger partial charge in [0.05, 0.1) is 11.0 Å². The average Bonchev–Trinajstić information content (AvgIpc) is 3.09. The van der Waals surface area contributed by atoms with E-state index < -0.39 is 10.8 Å². The third-order valence-corrected chi connectivity index (χ3v) is 6.60. The number of fused-ring (bicyclic) bond motifs is 6. The topological polar surface area (TPSA) is 47.3 Å². The second-order valence-corrected chi connectivity index (χ2v) is 10.6. The summed E-state index contributed by atoms with van der Waals surface area (Å²) >= 11 is 0. The maximum atomic E-state index is 14.6. The number of aromatic nitrogens is 3. The molecule has 30 heavy (non-hydrogen) atoms. The monoisotopic (exact) mass is 403 g/mol. The van der Waals surface area contributed by atoms with Crippen molar-refractivity contribution in [1.82, 2.24) is 14.4 Å². The minimum Gasteiger partial charge on any atom is -0.298 e. The molecule has 2 aromatic carbocycles. The van der Waals surface area contributed by atoms with Gasteiger partial charge in [0, 0.05) is 21.6 Å². The molecule has 4 aromatic rings. The van der Waals surface area contributed by atoms with E-state index in [9.17, 15) is 9.18 Å². The van der Waals surface area contributed by atoms with Gasteiger partial charge in [0.15, 0.2) is 5.78 Å². The largest absolute Gasteiger partial charge is 0.298 e. The number of imidazole rings is 1. The van der Waals surface area contributed by atoms with E-state index in [2.05, 4.69) is 26.8 Å². The van der Waals surface area contributed by atoms with Crippen molar-refractivity contribution in [2.45, 2.75) is 64.7 Å². The molecule has 0 aliphatic heterocycles. The maximum absolute atomic E-state index is 14.6.